The Kier molecular flexibility index (Phi) is 10.5. The molecule has 0 fully saturated rings. The first kappa shape index (κ1) is 32.2. The van der Waals surface area contributed by atoms with E-state index in [1.54, 1.807) is 0 Å². The zero-order valence-corrected chi connectivity index (χ0v) is 27.9. The summed E-state index contributed by atoms with van der Waals surface area (Å²) in [5, 5.41) is 5.25. The van der Waals surface area contributed by atoms with Crippen LogP contribution < -0.4 is 4.74 Å². The molecular weight excluding hydrogens is 556 g/mol. The molecule has 0 saturated heterocycles. The second-order valence-corrected chi connectivity index (χ2v) is 12.5. The lowest BCUT2D eigenvalue weighted by Crippen LogP contribution is -2.05. The number of nitrogens with zero attached hydrogens (tertiary/aromatic N) is 4. The van der Waals surface area contributed by atoms with E-state index in [0.717, 1.165) is 36.5 Å². The van der Waals surface area contributed by atoms with Crippen molar-refractivity contribution in [1.29, 1.82) is 0 Å². The molecule has 6 rings (SSSR count). The van der Waals surface area contributed by atoms with Crippen LogP contribution in [0.15, 0.2) is 60.9 Å². The largest absolute Gasteiger partial charge is 0.491 e. The number of hydrogen-bond acceptors (Lipinski definition) is 4. The maximum absolute atomic E-state index is 8.81. The molecule has 2 aromatic carbocycles. The predicted molar refractivity (Wildman–Crippen MR) is 189 cm³/mol. The van der Waals surface area contributed by atoms with E-state index in [9.17, 15) is 0 Å². The van der Waals surface area contributed by atoms with E-state index in [1.165, 1.54) is 101 Å². The van der Waals surface area contributed by atoms with E-state index < -0.39 is 0 Å². The third-order valence-electron chi connectivity index (χ3n) is 8.67. The molecule has 0 N–H and O–H groups in total. The van der Waals surface area contributed by atoms with Crippen molar-refractivity contribution in [3.63, 3.8) is 0 Å². The number of pyridine rings is 2. The first-order valence-electron chi connectivity index (χ1n) is 16.6. The number of hydrogen-bond donors (Lipinski definition) is 0. The highest BCUT2D eigenvalue weighted by Gasteiger charge is 2.15. The Morgan fingerprint density at radius 1 is 0.667 bits per heavy atom. The van der Waals surface area contributed by atoms with E-state index in [2.05, 4.69) is 102 Å². The molecule has 0 aliphatic heterocycles. The number of aromatic nitrogens is 4. The number of fused-ring (bicyclic) bond motifs is 6. The molecule has 0 aliphatic rings. The van der Waals surface area contributed by atoms with Gasteiger partial charge >= 0.3 is 0 Å². The van der Waals surface area contributed by atoms with Gasteiger partial charge in [0, 0.05) is 58.6 Å². The number of aldehydes is 1. The summed E-state index contributed by atoms with van der Waals surface area (Å²) in [5.41, 5.74) is 8.70. The summed E-state index contributed by atoms with van der Waals surface area (Å²) in [6.45, 7) is 14.1. The SMILES string of the molecule is CC=O.Cc1ccc2c3ccnc(C)c3n(CCCCCCCCCn3c4cc(OC(C)C)ccc4c4ccnc(C)c43)c2c1. The Balaban J connectivity index is 0.00000128. The standard InChI is InChI=1S/C37H44N4O.C2H4O/c1-25(2)42-29-14-16-31-33-18-20-39-28(5)37(33)41(35(31)24-29)22-12-10-8-6-7-9-11-21-40-34-23-26(3)13-15-30(34)32-17-19-38-27(4)36(32)40;1-2-3/h13-20,23-25H,6-12,21-22H2,1-5H3;2H,1H3. The molecular formula is C39H48N4O2. The van der Waals surface area contributed by atoms with Crippen LogP contribution in [0.1, 0.15) is 82.7 Å². The molecule has 0 spiro atoms. The van der Waals surface area contributed by atoms with Gasteiger partial charge in [0.2, 0.25) is 0 Å². The fourth-order valence-corrected chi connectivity index (χ4v) is 6.76. The van der Waals surface area contributed by atoms with Crippen LogP contribution in [0.25, 0.3) is 43.6 Å². The molecule has 0 saturated carbocycles. The van der Waals surface area contributed by atoms with Crippen molar-refractivity contribution in [2.45, 2.75) is 106 Å². The van der Waals surface area contributed by atoms with Gasteiger partial charge in [0.15, 0.2) is 0 Å². The van der Waals surface area contributed by atoms with Gasteiger partial charge in [-0.2, -0.15) is 0 Å². The number of benzene rings is 2. The monoisotopic (exact) mass is 604 g/mol. The Hall–Kier alpha value is -4.19. The quantitative estimate of drug-likeness (QED) is 0.103. The minimum absolute atomic E-state index is 0.163. The number of aryl methyl sites for hydroxylation is 5. The van der Waals surface area contributed by atoms with Crippen LogP contribution in [-0.2, 0) is 17.9 Å². The summed E-state index contributed by atoms with van der Waals surface area (Å²) >= 11 is 0. The van der Waals surface area contributed by atoms with Crippen molar-refractivity contribution in [2.24, 2.45) is 0 Å². The molecule has 0 radical (unpaired) electrons. The van der Waals surface area contributed by atoms with Crippen LogP contribution >= 0.6 is 0 Å². The summed E-state index contributed by atoms with van der Waals surface area (Å²) in [6.07, 6.45) is 13.6. The van der Waals surface area contributed by atoms with Gasteiger partial charge in [-0.25, -0.2) is 0 Å². The second kappa shape index (κ2) is 14.7. The smallest absolute Gasteiger partial charge is 0.121 e. The Bertz CT molecular complexity index is 1910. The molecule has 4 heterocycles. The highest BCUT2D eigenvalue weighted by molar-refractivity contribution is 6.09. The molecule has 6 aromatic rings. The molecule has 0 amide bonds. The average molecular weight is 605 g/mol. The molecule has 236 valence electrons. The van der Waals surface area contributed by atoms with Gasteiger partial charge in [-0.3, -0.25) is 9.97 Å². The topological polar surface area (TPSA) is 61.9 Å². The fourth-order valence-electron chi connectivity index (χ4n) is 6.76. The van der Waals surface area contributed by atoms with Crippen LogP contribution in [0, 0.1) is 20.8 Å². The summed E-state index contributed by atoms with van der Waals surface area (Å²) in [4.78, 5) is 18.0. The van der Waals surface area contributed by atoms with Crippen LogP contribution in [0.2, 0.25) is 0 Å². The van der Waals surface area contributed by atoms with E-state index in [4.69, 9.17) is 9.53 Å². The minimum Gasteiger partial charge on any atom is -0.491 e. The molecule has 0 bridgehead atoms. The predicted octanol–water partition coefficient (Wildman–Crippen LogP) is 10.0. The average Bonchev–Trinajstić information content (AvgIpc) is 3.49. The van der Waals surface area contributed by atoms with Gasteiger partial charge in [0.05, 0.1) is 34.0 Å². The third kappa shape index (κ3) is 7.06. The van der Waals surface area contributed by atoms with Crippen LogP contribution in [0.5, 0.6) is 5.75 Å². The van der Waals surface area contributed by atoms with Gasteiger partial charge in [0.1, 0.15) is 12.0 Å². The van der Waals surface area contributed by atoms with Crippen LogP contribution in [-0.4, -0.2) is 31.5 Å². The summed E-state index contributed by atoms with van der Waals surface area (Å²) in [6, 6.07) is 17.7. The number of rotatable bonds is 12. The van der Waals surface area contributed by atoms with Crippen molar-refractivity contribution >= 4 is 49.9 Å². The first-order valence-corrected chi connectivity index (χ1v) is 16.6. The summed E-state index contributed by atoms with van der Waals surface area (Å²) in [7, 11) is 0. The van der Waals surface area contributed by atoms with Gasteiger partial charge in [-0.05, 0) is 90.3 Å². The second-order valence-electron chi connectivity index (χ2n) is 12.5. The zero-order valence-electron chi connectivity index (χ0n) is 27.9. The summed E-state index contributed by atoms with van der Waals surface area (Å²) in [5.74, 6) is 0.939. The number of carbonyl (C=O) groups is 1. The van der Waals surface area contributed by atoms with E-state index in [-0.39, 0.29) is 6.10 Å². The molecule has 4 aromatic heterocycles. The lowest BCUT2D eigenvalue weighted by Gasteiger charge is -2.12. The van der Waals surface area contributed by atoms with Gasteiger partial charge in [-0.1, -0.05) is 44.2 Å². The third-order valence-corrected chi connectivity index (χ3v) is 8.67. The van der Waals surface area contributed by atoms with Gasteiger partial charge in [-0.15, -0.1) is 0 Å². The number of carbonyl (C=O) groups excluding carboxylic acids is 1. The van der Waals surface area contributed by atoms with Crippen molar-refractivity contribution in [3.05, 3.63) is 77.9 Å². The number of ether oxygens (including phenoxy) is 1. The lowest BCUT2D eigenvalue weighted by atomic mass is 10.1. The van der Waals surface area contributed by atoms with Crippen molar-refractivity contribution in [1.82, 2.24) is 19.1 Å². The molecule has 0 aliphatic carbocycles. The molecule has 0 atom stereocenters. The molecule has 0 unspecified atom stereocenters. The normalized spacial score (nSPS) is 11.5. The van der Waals surface area contributed by atoms with Gasteiger partial charge < -0.3 is 18.7 Å². The molecule has 6 heteroatoms. The Labute approximate surface area is 267 Å². The van der Waals surface area contributed by atoms with Gasteiger partial charge in [0.25, 0.3) is 0 Å². The summed E-state index contributed by atoms with van der Waals surface area (Å²) < 4.78 is 11.0. The first-order chi connectivity index (χ1) is 21.8. The Morgan fingerprint density at radius 2 is 1.13 bits per heavy atom. The lowest BCUT2D eigenvalue weighted by molar-refractivity contribution is -0.106. The van der Waals surface area contributed by atoms with E-state index in [0.29, 0.717) is 0 Å². The minimum atomic E-state index is 0.163. The highest BCUT2D eigenvalue weighted by Crippen LogP contribution is 2.34. The van der Waals surface area contributed by atoms with Crippen LogP contribution in [0.3, 0.4) is 0 Å². The molecule has 45 heavy (non-hydrogen) atoms. The van der Waals surface area contributed by atoms with Crippen molar-refractivity contribution in [3.8, 4) is 5.75 Å². The van der Waals surface area contributed by atoms with Crippen LogP contribution in [0.4, 0.5) is 0 Å². The van der Waals surface area contributed by atoms with E-state index in [1.807, 2.05) is 12.4 Å². The Morgan fingerprint density at radius 3 is 1.64 bits per heavy atom. The zero-order chi connectivity index (χ0) is 31.9. The fraction of sp³-hybridized carbons (Fsp3) is 0.410. The van der Waals surface area contributed by atoms with Crippen molar-refractivity contribution < 1.29 is 9.53 Å². The molecule has 6 nitrogen and oxygen atoms in total. The van der Waals surface area contributed by atoms with Crippen molar-refractivity contribution in [2.75, 3.05) is 0 Å². The van der Waals surface area contributed by atoms with E-state index >= 15 is 0 Å². The maximum Gasteiger partial charge on any atom is 0.121 e. The highest BCUT2D eigenvalue weighted by atomic mass is 16.5. The number of unbranched alkanes of at least 4 members (excludes halogenated alkanes) is 6. The maximum atomic E-state index is 8.81.